The van der Waals surface area contributed by atoms with Gasteiger partial charge in [-0.15, -0.1) is 0 Å². The van der Waals surface area contributed by atoms with Crippen LogP contribution in [0.1, 0.15) is 30.0 Å². The molecule has 1 rings (SSSR count). The van der Waals surface area contributed by atoms with Gasteiger partial charge in [-0.05, 0) is 18.9 Å². The van der Waals surface area contributed by atoms with E-state index in [2.05, 4.69) is 31.4 Å². The Bertz CT molecular complexity index is 120. The molecule has 0 aliphatic carbocycles. The lowest BCUT2D eigenvalue weighted by atomic mass is 9.94. The Hall–Kier alpha value is -0.0800. The molecule has 0 aromatic carbocycles. The third-order valence-corrected chi connectivity index (χ3v) is 2.38. The molecule has 2 atom stereocenters. The summed E-state index contributed by atoms with van der Waals surface area (Å²) in [7, 11) is 0. The van der Waals surface area contributed by atoms with E-state index in [9.17, 15) is 0 Å². The Morgan fingerprint density at radius 1 is 1.55 bits per heavy atom. The van der Waals surface area contributed by atoms with Crippen LogP contribution in [0.15, 0.2) is 0 Å². The van der Waals surface area contributed by atoms with Crippen LogP contribution in [0.25, 0.3) is 0 Å². The monoisotopic (exact) mass is 160 g/mol. The fourth-order valence-corrected chi connectivity index (χ4v) is 1.64. The molecule has 0 aromatic rings. The van der Waals surface area contributed by atoms with Crippen molar-refractivity contribution in [3.63, 3.8) is 0 Å². The zero-order valence-corrected chi connectivity index (χ0v) is 7.85. The largest absolute Gasteiger partial charge is 0.315 e. The topological polar surface area (TPSA) is 24.1 Å². The van der Waals surface area contributed by atoms with Gasteiger partial charge in [0.15, 0.2) is 0 Å². The number of nitrogens with one attached hydrogen (secondary N) is 2. The third kappa shape index (κ3) is 2.80. The Morgan fingerprint density at radius 2 is 2.27 bits per heavy atom. The number of hydrogen-bond donors (Lipinski definition) is 2. The van der Waals surface area contributed by atoms with Crippen LogP contribution in [0, 0.1) is 5.92 Å². The van der Waals surface area contributed by atoms with Gasteiger partial charge in [0, 0.05) is 21.5 Å². The second kappa shape index (κ2) is 4.07. The maximum absolute atomic E-state index is 3.57. The van der Waals surface area contributed by atoms with Crippen molar-refractivity contribution in [3.8, 4) is 0 Å². The highest BCUT2D eigenvalue weighted by Crippen LogP contribution is 2.11. The second-order valence-corrected chi connectivity index (χ2v) is 3.90. The van der Waals surface area contributed by atoms with Crippen molar-refractivity contribution in [3.05, 3.63) is 0 Å². The number of piperidine rings is 1. The smallest absolute Gasteiger partial charge is 0.0220 e. The first-order valence-corrected chi connectivity index (χ1v) is 4.67. The summed E-state index contributed by atoms with van der Waals surface area (Å²) in [5.74, 6) is 0.832. The molecule has 11 heavy (non-hydrogen) atoms. The molecule has 0 aromatic heterocycles. The lowest BCUT2D eigenvalue weighted by Gasteiger charge is -2.31. The van der Waals surface area contributed by atoms with Gasteiger partial charge in [-0.3, -0.25) is 0 Å². The first kappa shape index (κ1) is 9.01. The molecule has 1 aliphatic heterocycles. The van der Waals surface area contributed by atoms with Crippen molar-refractivity contribution in [2.75, 3.05) is 13.1 Å². The molecule has 1 aliphatic rings. The average Bonchev–Trinajstić information content (AvgIpc) is 1.93. The highest BCUT2D eigenvalue weighted by molar-refractivity contribution is 4.81. The van der Waals surface area contributed by atoms with Crippen LogP contribution in [0.5, 0.6) is 0 Å². The summed E-state index contributed by atoms with van der Waals surface area (Å²) < 4.78 is 0. The number of hydrogen-bond acceptors (Lipinski definition) is 2. The lowest BCUT2D eigenvalue weighted by Crippen LogP contribution is -2.50. The van der Waals surface area contributed by atoms with E-state index in [0.29, 0.717) is 12.1 Å². The molecule has 1 fully saturated rings. The van der Waals surface area contributed by atoms with Gasteiger partial charge >= 0.3 is 0 Å². The minimum absolute atomic E-state index is 0. The summed E-state index contributed by atoms with van der Waals surface area (Å²) in [4.78, 5) is 0. The first-order chi connectivity index (χ1) is 5.20. The molecule has 70 valence electrons. The minimum atomic E-state index is 0. The Morgan fingerprint density at radius 3 is 2.82 bits per heavy atom. The number of rotatable bonds is 2. The van der Waals surface area contributed by atoms with Crippen LogP contribution < -0.4 is 10.6 Å². The quantitative estimate of drug-likeness (QED) is 0.639. The van der Waals surface area contributed by atoms with E-state index in [1.54, 1.807) is 0 Å². The SMILES string of the molecule is CC(C)N[C@@H]1CNCC[C@H]1C.[HH].[HH]. The molecule has 0 bridgehead atoms. The Kier molecular flexibility index (Phi) is 3.34. The summed E-state index contributed by atoms with van der Waals surface area (Å²) in [6, 6.07) is 1.30. The molecule has 0 unspecified atom stereocenters. The van der Waals surface area contributed by atoms with Crippen molar-refractivity contribution in [2.24, 2.45) is 5.92 Å². The maximum Gasteiger partial charge on any atom is 0.0220 e. The lowest BCUT2D eigenvalue weighted by molar-refractivity contribution is 0.282. The van der Waals surface area contributed by atoms with Crippen LogP contribution in [0.4, 0.5) is 0 Å². The zero-order valence-electron chi connectivity index (χ0n) is 7.85. The van der Waals surface area contributed by atoms with E-state index >= 15 is 0 Å². The van der Waals surface area contributed by atoms with Gasteiger partial charge in [0.25, 0.3) is 0 Å². The molecule has 0 spiro atoms. The maximum atomic E-state index is 3.57. The molecular formula is C9H24N2. The first-order valence-electron chi connectivity index (χ1n) is 4.67. The van der Waals surface area contributed by atoms with Crippen LogP contribution in [-0.4, -0.2) is 25.2 Å². The summed E-state index contributed by atoms with van der Waals surface area (Å²) >= 11 is 0. The van der Waals surface area contributed by atoms with E-state index in [1.807, 2.05) is 0 Å². The van der Waals surface area contributed by atoms with E-state index in [0.717, 1.165) is 12.5 Å². The van der Waals surface area contributed by atoms with Crippen molar-refractivity contribution in [1.29, 1.82) is 0 Å². The molecule has 0 saturated carbocycles. The van der Waals surface area contributed by atoms with Gasteiger partial charge in [0.05, 0.1) is 0 Å². The third-order valence-electron chi connectivity index (χ3n) is 2.38. The van der Waals surface area contributed by atoms with Gasteiger partial charge in [-0.2, -0.15) is 0 Å². The van der Waals surface area contributed by atoms with Crippen LogP contribution >= 0.6 is 0 Å². The predicted molar refractivity (Wildman–Crippen MR) is 52.9 cm³/mol. The van der Waals surface area contributed by atoms with Crippen molar-refractivity contribution < 1.29 is 2.85 Å². The van der Waals surface area contributed by atoms with Gasteiger partial charge in [0.2, 0.25) is 0 Å². The van der Waals surface area contributed by atoms with Crippen molar-refractivity contribution in [1.82, 2.24) is 10.6 Å². The summed E-state index contributed by atoms with van der Waals surface area (Å²) in [6.45, 7) is 9.08. The zero-order chi connectivity index (χ0) is 8.27. The van der Waals surface area contributed by atoms with E-state index in [1.165, 1.54) is 13.0 Å². The normalized spacial score (nSPS) is 32.7. The molecule has 1 saturated heterocycles. The van der Waals surface area contributed by atoms with Crippen molar-refractivity contribution >= 4 is 0 Å². The predicted octanol–water partition coefficient (Wildman–Crippen LogP) is 1.47. The summed E-state index contributed by atoms with van der Waals surface area (Å²) in [6.07, 6.45) is 1.31. The minimum Gasteiger partial charge on any atom is -0.315 e. The molecule has 2 heteroatoms. The van der Waals surface area contributed by atoms with E-state index < -0.39 is 0 Å². The fourth-order valence-electron chi connectivity index (χ4n) is 1.64. The average molecular weight is 160 g/mol. The standard InChI is InChI=1S/C9H20N2.2H2/c1-7(2)11-9-6-10-5-4-8(9)3;;/h7-11H,4-6H2,1-3H3;2*1H/t8-,9-;;/m1../s1. The molecular weight excluding hydrogens is 136 g/mol. The van der Waals surface area contributed by atoms with Gasteiger partial charge < -0.3 is 10.6 Å². The molecule has 0 amide bonds. The van der Waals surface area contributed by atoms with Crippen LogP contribution in [-0.2, 0) is 0 Å². The van der Waals surface area contributed by atoms with Crippen LogP contribution in [0.2, 0.25) is 0 Å². The van der Waals surface area contributed by atoms with Crippen molar-refractivity contribution in [2.45, 2.75) is 39.3 Å². The summed E-state index contributed by atoms with van der Waals surface area (Å²) in [5, 5.41) is 6.98. The fraction of sp³-hybridized carbons (Fsp3) is 1.00. The molecule has 1 heterocycles. The highest BCUT2D eigenvalue weighted by Gasteiger charge is 2.20. The van der Waals surface area contributed by atoms with E-state index in [-0.39, 0.29) is 2.85 Å². The van der Waals surface area contributed by atoms with Gasteiger partial charge in [-0.1, -0.05) is 20.8 Å². The van der Waals surface area contributed by atoms with Gasteiger partial charge in [0.1, 0.15) is 0 Å². The highest BCUT2D eigenvalue weighted by atomic mass is 15.0. The summed E-state index contributed by atoms with van der Waals surface area (Å²) in [5.41, 5.74) is 0. The second-order valence-electron chi connectivity index (χ2n) is 3.90. The Labute approximate surface area is 72.7 Å². The van der Waals surface area contributed by atoms with E-state index in [4.69, 9.17) is 0 Å². The van der Waals surface area contributed by atoms with Gasteiger partial charge in [-0.25, -0.2) is 0 Å². The van der Waals surface area contributed by atoms with Crippen LogP contribution in [0.3, 0.4) is 0 Å². The molecule has 2 nitrogen and oxygen atoms in total. The molecule has 2 N–H and O–H groups in total. The molecule has 0 radical (unpaired) electrons. The Balaban J connectivity index is 0.